The fraction of sp³-hybridized carbons (Fsp3) is 0.273. The van der Waals surface area contributed by atoms with Gasteiger partial charge in [-0.3, -0.25) is 14.8 Å². The molecule has 0 atom stereocenters. The summed E-state index contributed by atoms with van der Waals surface area (Å²) in [5.41, 5.74) is 8.01. The third kappa shape index (κ3) is 3.57. The molecule has 0 unspecified atom stereocenters. The van der Waals surface area contributed by atoms with Crippen molar-refractivity contribution >= 4 is 17.7 Å². The minimum Gasteiger partial charge on any atom is -0.464 e. The van der Waals surface area contributed by atoms with Crippen LogP contribution >= 0.6 is 0 Å². The first-order valence-corrected chi connectivity index (χ1v) is 10.1. The lowest BCUT2D eigenvalue weighted by Gasteiger charge is -2.06. The zero-order valence-corrected chi connectivity index (χ0v) is 16.6. The average molecular weight is 402 g/mol. The van der Waals surface area contributed by atoms with Crippen molar-refractivity contribution in [1.82, 2.24) is 25.7 Å². The number of nitrogens with one attached hydrogen (secondary N) is 3. The maximum absolute atomic E-state index is 12.5. The molecule has 4 heterocycles. The summed E-state index contributed by atoms with van der Waals surface area (Å²) in [5.74, 6) is 0.495. The number of carbonyl (C=O) groups is 1. The zero-order valence-electron chi connectivity index (χ0n) is 16.6. The molecular formula is C22H22N6O2. The quantitative estimate of drug-likeness (QED) is 0.527. The van der Waals surface area contributed by atoms with Crippen LogP contribution in [0.3, 0.4) is 0 Å². The molecular weight excluding hydrogens is 380 g/mol. The van der Waals surface area contributed by atoms with Crippen LogP contribution in [-0.2, 0) is 11.2 Å². The number of furan rings is 1. The lowest BCUT2D eigenvalue weighted by molar-refractivity contribution is -0.116. The van der Waals surface area contributed by atoms with Gasteiger partial charge in [0.1, 0.15) is 17.2 Å². The van der Waals surface area contributed by atoms with Gasteiger partial charge in [0.2, 0.25) is 0 Å². The maximum atomic E-state index is 12.5. The van der Waals surface area contributed by atoms with E-state index in [1.54, 1.807) is 24.9 Å². The monoisotopic (exact) mass is 402 g/mol. The molecule has 1 aliphatic carbocycles. The summed E-state index contributed by atoms with van der Waals surface area (Å²) in [6.07, 6.45) is 11.6. The van der Waals surface area contributed by atoms with Crippen LogP contribution in [0, 0.1) is 6.92 Å². The second kappa shape index (κ2) is 7.72. The summed E-state index contributed by atoms with van der Waals surface area (Å²) in [4.78, 5) is 24.3. The number of carbonyl (C=O) groups excluding carboxylic acids is 1. The Hall–Kier alpha value is -3.52. The Morgan fingerprint density at radius 2 is 2.23 bits per heavy atom. The molecule has 5 rings (SSSR count). The van der Waals surface area contributed by atoms with Gasteiger partial charge in [0, 0.05) is 29.7 Å². The normalized spacial score (nSPS) is 17.4. The standard InChI is InChI=1S/C22H22N6O2/c1-13-15(6-7-24-14-4-5-14)20(19-3-2-10-30-19)17(26-13)11-16-21(27-28-22(16)29)18-12-23-8-9-25-18/h2-3,8-12,14,24,26H,4-7H2,1H3,(H,28,29)/b16-11+. The van der Waals surface area contributed by atoms with Gasteiger partial charge in [0.05, 0.1) is 23.7 Å². The van der Waals surface area contributed by atoms with Gasteiger partial charge >= 0.3 is 0 Å². The Kier molecular flexibility index (Phi) is 4.76. The number of aryl methyl sites for hydroxylation is 1. The van der Waals surface area contributed by atoms with Crippen LogP contribution in [0.15, 0.2) is 52.1 Å². The zero-order chi connectivity index (χ0) is 20.5. The number of hydrogen-bond acceptors (Lipinski definition) is 6. The first-order chi connectivity index (χ1) is 14.7. The predicted octanol–water partition coefficient (Wildman–Crippen LogP) is 2.59. The smallest absolute Gasteiger partial charge is 0.273 e. The second-order valence-electron chi connectivity index (χ2n) is 7.52. The van der Waals surface area contributed by atoms with Crippen molar-refractivity contribution in [2.45, 2.75) is 32.2 Å². The number of rotatable bonds is 7. The van der Waals surface area contributed by atoms with Crippen molar-refractivity contribution < 1.29 is 9.21 Å². The number of aromatic amines is 1. The van der Waals surface area contributed by atoms with Gasteiger partial charge in [0.15, 0.2) is 0 Å². The van der Waals surface area contributed by atoms with E-state index in [9.17, 15) is 4.79 Å². The molecule has 30 heavy (non-hydrogen) atoms. The molecule has 1 aliphatic heterocycles. The summed E-state index contributed by atoms with van der Waals surface area (Å²) in [5, 5.41) is 7.73. The van der Waals surface area contributed by atoms with Crippen LogP contribution in [0.4, 0.5) is 0 Å². The van der Waals surface area contributed by atoms with Crippen LogP contribution in [0.1, 0.15) is 35.5 Å². The van der Waals surface area contributed by atoms with E-state index in [1.165, 1.54) is 18.4 Å². The molecule has 0 radical (unpaired) electrons. The third-order valence-corrected chi connectivity index (χ3v) is 5.36. The SMILES string of the molecule is Cc1[nH]c(/C=C2/C(=O)NN=C2c2cnccn2)c(-c2ccco2)c1CCNC1CC1. The van der Waals surface area contributed by atoms with E-state index in [2.05, 4.69) is 30.8 Å². The Balaban J connectivity index is 1.54. The molecule has 3 N–H and O–H groups in total. The van der Waals surface area contributed by atoms with E-state index >= 15 is 0 Å². The topological polar surface area (TPSA) is 108 Å². The molecule has 2 aliphatic rings. The fourth-order valence-electron chi connectivity index (χ4n) is 3.73. The van der Waals surface area contributed by atoms with Crippen molar-refractivity contribution in [1.29, 1.82) is 0 Å². The van der Waals surface area contributed by atoms with E-state index in [4.69, 9.17) is 4.42 Å². The molecule has 3 aromatic rings. The van der Waals surface area contributed by atoms with Gasteiger partial charge in [-0.2, -0.15) is 5.10 Å². The highest BCUT2D eigenvalue weighted by atomic mass is 16.3. The minimum atomic E-state index is -0.273. The predicted molar refractivity (Wildman–Crippen MR) is 113 cm³/mol. The molecule has 1 amide bonds. The lowest BCUT2D eigenvalue weighted by Crippen LogP contribution is -2.19. The molecule has 0 saturated heterocycles. The Bertz CT molecular complexity index is 1120. The summed E-state index contributed by atoms with van der Waals surface area (Å²) in [6, 6.07) is 4.47. The van der Waals surface area contributed by atoms with Gasteiger partial charge in [-0.25, -0.2) is 5.43 Å². The van der Waals surface area contributed by atoms with Crippen LogP contribution in [0.25, 0.3) is 17.4 Å². The summed E-state index contributed by atoms with van der Waals surface area (Å²) in [6.45, 7) is 2.95. The molecule has 3 aromatic heterocycles. The van der Waals surface area contributed by atoms with Gasteiger partial charge < -0.3 is 14.7 Å². The number of H-pyrrole nitrogens is 1. The van der Waals surface area contributed by atoms with Gasteiger partial charge in [-0.1, -0.05) is 0 Å². The highest BCUT2D eigenvalue weighted by molar-refractivity contribution is 6.32. The first kappa shape index (κ1) is 18.5. The van der Waals surface area contributed by atoms with E-state index in [0.29, 0.717) is 23.0 Å². The van der Waals surface area contributed by atoms with E-state index < -0.39 is 0 Å². The molecule has 1 fully saturated rings. The average Bonchev–Trinajstić information content (AvgIpc) is 3.14. The van der Waals surface area contributed by atoms with Crippen molar-refractivity contribution in [3.63, 3.8) is 0 Å². The van der Waals surface area contributed by atoms with Crippen molar-refractivity contribution in [2.24, 2.45) is 5.10 Å². The fourth-order valence-corrected chi connectivity index (χ4v) is 3.73. The van der Waals surface area contributed by atoms with Crippen LogP contribution in [0.5, 0.6) is 0 Å². The van der Waals surface area contributed by atoms with E-state index in [-0.39, 0.29) is 5.91 Å². The Labute approximate surface area is 173 Å². The number of hydrazone groups is 1. The molecule has 0 bridgehead atoms. The maximum Gasteiger partial charge on any atom is 0.273 e. The van der Waals surface area contributed by atoms with Crippen molar-refractivity contribution in [2.75, 3.05) is 6.54 Å². The molecule has 8 heteroatoms. The summed E-state index contributed by atoms with van der Waals surface area (Å²) < 4.78 is 5.73. The second-order valence-corrected chi connectivity index (χ2v) is 7.52. The van der Waals surface area contributed by atoms with Crippen molar-refractivity contribution in [3.8, 4) is 11.3 Å². The number of nitrogens with zero attached hydrogens (tertiary/aromatic N) is 3. The summed E-state index contributed by atoms with van der Waals surface area (Å²) >= 11 is 0. The van der Waals surface area contributed by atoms with Gasteiger partial charge in [-0.15, -0.1) is 0 Å². The first-order valence-electron chi connectivity index (χ1n) is 10.1. The Morgan fingerprint density at radius 1 is 1.33 bits per heavy atom. The molecule has 0 spiro atoms. The minimum absolute atomic E-state index is 0.273. The number of amides is 1. The van der Waals surface area contributed by atoms with Gasteiger partial charge in [-0.05, 0) is 56.5 Å². The van der Waals surface area contributed by atoms with E-state index in [0.717, 1.165) is 35.7 Å². The lowest BCUT2D eigenvalue weighted by atomic mass is 10.0. The largest absolute Gasteiger partial charge is 0.464 e. The number of hydrogen-bond donors (Lipinski definition) is 3. The molecule has 1 saturated carbocycles. The van der Waals surface area contributed by atoms with Crippen molar-refractivity contribution in [3.05, 3.63) is 65.2 Å². The van der Waals surface area contributed by atoms with Crippen LogP contribution < -0.4 is 10.7 Å². The highest BCUT2D eigenvalue weighted by Crippen LogP contribution is 2.33. The third-order valence-electron chi connectivity index (χ3n) is 5.36. The van der Waals surface area contributed by atoms with Crippen LogP contribution in [-0.4, -0.2) is 39.2 Å². The molecule has 0 aromatic carbocycles. The summed E-state index contributed by atoms with van der Waals surface area (Å²) in [7, 11) is 0. The molecule has 152 valence electrons. The Morgan fingerprint density at radius 3 is 2.97 bits per heavy atom. The molecule has 8 nitrogen and oxygen atoms in total. The number of aromatic nitrogens is 3. The van der Waals surface area contributed by atoms with Crippen LogP contribution in [0.2, 0.25) is 0 Å². The van der Waals surface area contributed by atoms with E-state index in [1.807, 2.05) is 25.1 Å². The van der Waals surface area contributed by atoms with Gasteiger partial charge in [0.25, 0.3) is 5.91 Å². The highest BCUT2D eigenvalue weighted by Gasteiger charge is 2.27.